The minimum atomic E-state index is 0.729. The van der Waals surface area contributed by atoms with E-state index in [0.29, 0.717) is 0 Å². The fourth-order valence-electron chi connectivity index (χ4n) is 2.33. The first kappa shape index (κ1) is 17.8. The van der Waals surface area contributed by atoms with Crippen molar-refractivity contribution in [1.82, 2.24) is 5.32 Å². The molecule has 0 heterocycles. The Morgan fingerprint density at radius 2 is 1.71 bits per heavy atom. The van der Waals surface area contributed by atoms with Gasteiger partial charge in [-0.2, -0.15) is 0 Å². The van der Waals surface area contributed by atoms with Crippen molar-refractivity contribution in [2.45, 2.75) is 40.0 Å². The molecule has 1 unspecified atom stereocenters. The average molecular weight is 293 g/mol. The maximum absolute atomic E-state index is 5.35. The van der Waals surface area contributed by atoms with Crippen molar-refractivity contribution in [3.63, 3.8) is 0 Å². The number of methoxy groups -OCH3 is 2. The second kappa shape index (κ2) is 9.67. The molecule has 0 aliphatic carbocycles. The van der Waals surface area contributed by atoms with Gasteiger partial charge in [0.2, 0.25) is 0 Å². The normalized spacial score (nSPS) is 12.5. The lowest BCUT2D eigenvalue weighted by atomic mass is 9.98. The first-order valence-corrected chi connectivity index (χ1v) is 7.98. The minimum Gasteiger partial charge on any atom is -0.493 e. The van der Waals surface area contributed by atoms with E-state index in [1.165, 1.54) is 18.4 Å². The Balaban J connectivity index is 2.34. The van der Waals surface area contributed by atoms with E-state index in [2.05, 4.69) is 38.2 Å². The van der Waals surface area contributed by atoms with Crippen LogP contribution in [0.2, 0.25) is 0 Å². The van der Waals surface area contributed by atoms with Gasteiger partial charge in [-0.25, -0.2) is 0 Å². The molecular weight excluding hydrogens is 262 g/mol. The van der Waals surface area contributed by atoms with Gasteiger partial charge in [0, 0.05) is 0 Å². The fourth-order valence-corrected chi connectivity index (χ4v) is 2.33. The van der Waals surface area contributed by atoms with Crippen LogP contribution < -0.4 is 14.8 Å². The number of rotatable bonds is 10. The Bertz CT molecular complexity index is 404. The average Bonchev–Trinajstić information content (AvgIpc) is 2.48. The molecule has 1 rings (SSSR count). The van der Waals surface area contributed by atoms with Crippen molar-refractivity contribution in [3.05, 3.63) is 23.8 Å². The second-order valence-corrected chi connectivity index (χ2v) is 6.22. The van der Waals surface area contributed by atoms with Crippen LogP contribution in [0.1, 0.15) is 39.2 Å². The van der Waals surface area contributed by atoms with Crippen molar-refractivity contribution in [2.24, 2.45) is 11.8 Å². The number of hydrogen-bond acceptors (Lipinski definition) is 3. The third-order valence-corrected chi connectivity index (χ3v) is 3.74. The molecular formula is C18H31NO2. The molecule has 0 saturated heterocycles. The van der Waals surface area contributed by atoms with Gasteiger partial charge in [0.1, 0.15) is 0 Å². The maximum atomic E-state index is 5.35. The van der Waals surface area contributed by atoms with Crippen LogP contribution in [0.3, 0.4) is 0 Å². The Morgan fingerprint density at radius 3 is 2.33 bits per heavy atom. The largest absolute Gasteiger partial charge is 0.493 e. The number of nitrogens with one attached hydrogen (secondary N) is 1. The van der Waals surface area contributed by atoms with Crippen molar-refractivity contribution < 1.29 is 9.47 Å². The first-order valence-electron chi connectivity index (χ1n) is 7.98. The summed E-state index contributed by atoms with van der Waals surface area (Å²) in [4.78, 5) is 0. The minimum absolute atomic E-state index is 0.729. The summed E-state index contributed by atoms with van der Waals surface area (Å²) < 4.78 is 10.6. The highest BCUT2D eigenvalue weighted by molar-refractivity contribution is 5.42. The Morgan fingerprint density at radius 1 is 1.00 bits per heavy atom. The highest BCUT2D eigenvalue weighted by Gasteiger charge is 2.07. The molecule has 0 radical (unpaired) electrons. The van der Waals surface area contributed by atoms with E-state index in [1.807, 2.05) is 6.07 Å². The van der Waals surface area contributed by atoms with Crippen LogP contribution in [0, 0.1) is 11.8 Å². The van der Waals surface area contributed by atoms with E-state index >= 15 is 0 Å². The van der Waals surface area contributed by atoms with Crippen molar-refractivity contribution in [3.8, 4) is 11.5 Å². The lowest BCUT2D eigenvalue weighted by Gasteiger charge is -2.14. The number of hydrogen-bond donors (Lipinski definition) is 1. The third-order valence-electron chi connectivity index (χ3n) is 3.74. The van der Waals surface area contributed by atoms with Crippen LogP contribution >= 0.6 is 0 Å². The summed E-state index contributed by atoms with van der Waals surface area (Å²) >= 11 is 0. The molecule has 120 valence electrons. The smallest absolute Gasteiger partial charge is 0.160 e. The summed E-state index contributed by atoms with van der Waals surface area (Å²) in [7, 11) is 3.36. The molecule has 21 heavy (non-hydrogen) atoms. The molecule has 0 bridgehead atoms. The summed E-state index contributed by atoms with van der Waals surface area (Å²) in [6.45, 7) is 9.05. The summed E-state index contributed by atoms with van der Waals surface area (Å²) in [5.41, 5.74) is 1.31. The zero-order valence-electron chi connectivity index (χ0n) is 14.2. The standard InChI is InChI=1S/C18H31NO2/c1-14(2)13-19-11-10-15(3)6-7-16-8-9-17(20-4)18(12-16)21-5/h8-9,12,14-15,19H,6-7,10-11,13H2,1-5H3. The fraction of sp³-hybridized carbons (Fsp3) is 0.667. The summed E-state index contributed by atoms with van der Waals surface area (Å²) in [5, 5.41) is 3.51. The van der Waals surface area contributed by atoms with Gasteiger partial charge in [0.15, 0.2) is 11.5 Å². The molecule has 1 N–H and O–H groups in total. The van der Waals surface area contributed by atoms with E-state index in [-0.39, 0.29) is 0 Å². The zero-order chi connectivity index (χ0) is 15.7. The Kier molecular flexibility index (Phi) is 8.21. The van der Waals surface area contributed by atoms with Crippen LogP contribution in [0.4, 0.5) is 0 Å². The van der Waals surface area contributed by atoms with Crippen LogP contribution in [0.5, 0.6) is 11.5 Å². The van der Waals surface area contributed by atoms with Crippen molar-refractivity contribution in [1.29, 1.82) is 0 Å². The molecule has 0 saturated carbocycles. The van der Waals surface area contributed by atoms with E-state index in [0.717, 1.165) is 42.8 Å². The predicted molar refractivity (Wildman–Crippen MR) is 89.4 cm³/mol. The van der Waals surface area contributed by atoms with Crippen molar-refractivity contribution in [2.75, 3.05) is 27.3 Å². The highest BCUT2D eigenvalue weighted by atomic mass is 16.5. The number of ether oxygens (including phenoxy) is 2. The van der Waals surface area contributed by atoms with Gasteiger partial charge < -0.3 is 14.8 Å². The molecule has 1 aromatic carbocycles. The van der Waals surface area contributed by atoms with E-state index in [1.54, 1.807) is 14.2 Å². The molecule has 1 atom stereocenters. The van der Waals surface area contributed by atoms with Crippen molar-refractivity contribution >= 4 is 0 Å². The van der Waals surface area contributed by atoms with Gasteiger partial charge in [0.25, 0.3) is 0 Å². The molecule has 3 heteroatoms. The SMILES string of the molecule is COc1ccc(CCC(C)CCNCC(C)C)cc1OC. The van der Waals surface area contributed by atoms with Crippen LogP contribution in [0.25, 0.3) is 0 Å². The molecule has 3 nitrogen and oxygen atoms in total. The number of aryl methyl sites for hydroxylation is 1. The van der Waals surface area contributed by atoms with Crippen LogP contribution in [-0.2, 0) is 6.42 Å². The van der Waals surface area contributed by atoms with Gasteiger partial charge in [0.05, 0.1) is 14.2 Å². The van der Waals surface area contributed by atoms with E-state index in [9.17, 15) is 0 Å². The van der Waals surface area contributed by atoms with Crippen LogP contribution in [0.15, 0.2) is 18.2 Å². The second-order valence-electron chi connectivity index (χ2n) is 6.22. The molecule has 0 amide bonds. The predicted octanol–water partition coefficient (Wildman–Crippen LogP) is 3.91. The lowest BCUT2D eigenvalue weighted by Crippen LogP contribution is -2.22. The number of benzene rings is 1. The van der Waals surface area contributed by atoms with Gasteiger partial charge in [-0.15, -0.1) is 0 Å². The quantitative estimate of drug-likeness (QED) is 0.664. The summed E-state index contributed by atoms with van der Waals surface area (Å²) in [6.07, 6.45) is 3.53. The van der Waals surface area contributed by atoms with Gasteiger partial charge in [-0.05, 0) is 61.9 Å². The summed E-state index contributed by atoms with van der Waals surface area (Å²) in [5.74, 6) is 3.08. The first-order chi connectivity index (χ1) is 10.1. The molecule has 1 aromatic rings. The van der Waals surface area contributed by atoms with Gasteiger partial charge in [-0.3, -0.25) is 0 Å². The Hall–Kier alpha value is -1.22. The van der Waals surface area contributed by atoms with Gasteiger partial charge in [-0.1, -0.05) is 26.8 Å². The van der Waals surface area contributed by atoms with E-state index in [4.69, 9.17) is 9.47 Å². The third kappa shape index (κ3) is 6.85. The lowest BCUT2D eigenvalue weighted by molar-refractivity contribution is 0.354. The van der Waals surface area contributed by atoms with Crippen LogP contribution in [-0.4, -0.2) is 27.3 Å². The Labute approximate surface area is 130 Å². The highest BCUT2D eigenvalue weighted by Crippen LogP contribution is 2.28. The summed E-state index contributed by atoms with van der Waals surface area (Å²) in [6, 6.07) is 6.21. The molecule has 0 aliphatic rings. The van der Waals surface area contributed by atoms with E-state index < -0.39 is 0 Å². The molecule has 0 fully saturated rings. The van der Waals surface area contributed by atoms with Gasteiger partial charge >= 0.3 is 0 Å². The maximum Gasteiger partial charge on any atom is 0.160 e. The molecule has 0 spiro atoms. The molecule has 0 aliphatic heterocycles. The topological polar surface area (TPSA) is 30.5 Å². The molecule has 0 aromatic heterocycles. The monoisotopic (exact) mass is 293 g/mol. The zero-order valence-corrected chi connectivity index (χ0v) is 14.2.